The first-order valence-corrected chi connectivity index (χ1v) is 3.58. The first-order chi connectivity index (χ1) is 6.60. The van der Waals surface area contributed by atoms with Crippen molar-refractivity contribution < 1.29 is 19.1 Å². The van der Waals surface area contributed by atoms with Crippen LogP contribution in [0.4, 0.5) is 4.39 Å². The number of carboxylic acid groups (broad SMARTS) is 1. The number of hydrogen-bond donors (Lipinski definition) is 2. The summed E-state index contributed by atoms with van der Waals surface area (Å²) >= 11 is 0. The van der Waals surface area contributed by atoms with Crippen LogP contribution in [0.1, 0.15) is 10.4 Å². The molecule has 3 N–H and O–H groups in total. The number of rotatable bonds is 2. The molecule has 0 spiro atoms. The molecule has 0 aliphatic heterocycles. The van der Waals surface area contributed by atoms with Gasteiger partial charge in [0, 0.05) is 11.8 Å². The van der Waals surface area contributed by atoms with E-state index in [9.17, 15) is 14.0 Å². The van der Waals surface area contributed by atoms with E-state index in [-0.39, 0.29) is 6.54 Å². The second-order valence-electron chi connectivity index (χ2n) is 2.13. The highest BCUT2D eigenvalue weighted by Gasteiger charge is 1.89. The zero-order valence-electron chi connectivity index (χ0n) is 7.18. The van der Waals surface area contributed by atoms with E-state index >= 15 is 0 Å². The van der Waals surface area contributed by atoms with Gasteiger partial charge in [0.05, 0.1) is 6.54 Å². The van der Waals surface area contributed by atoms with Gasteiger partial charge in [0.15, 0.2) is 6.29 Å². The number of aromatic nitrogens is 1. The number of aldehydes is 1. The van der Waals surface area contributed by atoms with Crippen LogP contribution in [0.2, 0.25) is 0 Å². The number of carbonyl (C=O) groups excluding carboxylic acids is 1. The molecule has 0 unspecified atom stereocenters. The van der Waals surface area contributed by atoms with Gasteiger partial charge < -0.3 is 10.8 Å². The van der Waals surface area contributed by atoms with Crippen molar-refractivity contribution >= 4 is 12.3 Å². The predicted molar refractivity (Wildman–Crippen MR) is 46.3 cm³/mol. The smallest absolute Gasteiger partial charge is 0.317 e. The monoisotopic (exact) mass is 200 g/mol. The first kappa shape index (κ1) is 12.2. The minimum atomic E-state index is -0.968. The van der Waals surface area contributed by atoms with Gasteiger partial charge in [-0.3, -0.25) is 9.59 Å². The molecule has 0 amide bonds. The van der Waals surface area contributed by atoms with E-state index in [1.165, 1.54) is 12.3 Å². The molecule has 0 fully saturated rings. The maximum Gasteiger partial charge on any atom is 0.317 e. The molecule has 0 aromatic carbocycles. The molecule has 6 heteroatoms. The second kappa shape index (κ2) is 6.67. The number of nitrogens with two attached hydrogens (primary N) is 1. The standard InChI is InChI=1S/C6H4FNO.C2H5NO2/c7-6-2-1-5(4-9)3-8-6;3-1-2(4)5/h1-4H;1,3H2,(H,4,5). The summed E-state index contributed by atoms with van der Waals surface area (Å²) in [5.41, 5.74) is 4.96. The van der Waals surface area contributed by atoms with Crippen LogP contribution < -0.4 is 5.73 Å². The Labute approximate surface area is 79.4 Å². The second-order valence-corrected chi connectivity index (χ2v) is 2.13. The molecule has 1 rings (SSSR count). The lowest BCUT2D eigenvalue weighted by Gasteiger charge is -1.85. The molecule has 1 aromatic rings. The molecule has 0 radical (unpaired) electrons. The van der Waals surface area contributed by atoms with Gasteiger partial charge in [0.25, 0.3) is 0 Å². The molecule has 0 aliphatic rings. The number of halogens is 1. The predicted octanol–water partition coefficient (Wildman–Crippen LogP) is 0.0629. The molecular formula is C8H9FN2O3. The van der Waals surface area contributed by atoms with Crippen LogP contribution in [0.15, 0.2) is 18.3 Å². The van der Waals surface area contributed by atoms with Crippen molar-refractivity contribution in [2.24, 2.45) is 5.73 Å². The molecule has 0 atom stereocenters. The summed E-state index contributed by atoms with van der Waals surface area (Å²) in [6.07, 6.45) is 1.80. The summed E-state index contributed by atoms with van der Waals surface area (Å²) in [4.78, 5) is 22.5. The Morgan fingerprint density at radius 1 is 1.64 bits per heavy atom. The lowest BCUT2D eigenvalue weighted by Crippen LogP contribution is -2.10. The highest BCUT2D eigenvalue weighted by molar-refractivity contribution is 5.73. The van der Waals surface area contributed by atoms with Crippen LogP contribution in [0, 0.1) is 5.95 Å². The van der Waals surface area contributed by atoms with E-state index in [0.717, 1.165) is 6.07 Å². The number of nitrogens with zero attached hydrogens (tertiary/aromatic N) is 1. The first-order valence-electron chi connectivity index (χ1n) is 3.58. The molecule has 76 valence electrons. The molecule has 0 bridgehead atoms. The highest BCUT2D eigenvalue weighted by Crippen LogP contribution is 1.93. The Morgan fingerprint density at radius 2 is 2.21 bits per heavy atom. The van der Waals surface area contributed by atoms with Crippen LogP contribution in [0.25, 0.3) is 0 Å². The number of carboxylic acids is 1. The summed E-state index contributed by atoms with van der Waals surface area (Å²) in [7, 11) is 0. The van der Waals surface area contributed by atoms with Gasteiger partial charge in [-0.05, 0) is 12.1 Å². The van der Waals surface area contributed by atoms with Crippen molar-refractivity contribution in [3.8, 4) is 0 Å². The third kappa shape index (κ3) is 5.78. The maximum atomic E-state index is 12.0. The minimum Gasteiger partial charge on any atom is -0.480 e. The third-order valence-electron chi connectivity index (χ3n) is 1.06. The van der Waals surface area contributed by atoms with Crippen LogP contribution >= 0.6 is 0 Å². The summed E-state index contributed by atoms with van der Waals surface area (Å²) in [6.45, 7) is -0.278. The van der Waals surface area contributed by atoms with Gasteiger partial charge in [0.1, 0.15) is 0 Å². The molecule has 0 aliphatic carbocycles. The fourth-order valence-electron chi connectivity index (χ4n) is 0.457. The van der Waals surface area contributed by atoms with E-state index in [4.69, 9.17) is 5.11 Å². The van der Waals surface area contributed by atoms with Gasteiger partial charge in [-0.1, -0.05) is 0 Å². The van der Waals surface area contributed by atoms with Crippen molar-refractivity contribution in [1.29, 1.82) is 0 Å². The summed E-state index contributed by atoms with van der Waals surface area (Å²) < 4.78 is 12.0. The average Bonchev–Trinajstić information content (AvgIpc) is 2.20. The number of carbonyl (C=O) groups is 2. The Morgan fingerprint density at radius 3 is 2.50 bits per heavy atom. The van der Waals surface area contributed by atoms with Crippen molar-refractivity contribution in [2.45, 2.75) is 0 Å². The molecule has 0 saturated heterocycles. The van der Waals surface area contributed by atoms with E-state index < -0.39 is 11.9 Å². The van der Waals surface area contributed by atoms with Gasteiger partial charge in [0.2, 0.25) is 5.95 Å². The Bertz CT molecular complexity index is 300. The summed E-state index contributed by atoms with van der Waals surface area (Å²) in [6, 6.07) is 2.51. The van der Waals surface area contributed by atoms with E-state index in [2.05, 4.69) is 10.7 Å². The van der Waals surface area contributed by atoms with E-state index in [1.54, 1.807) is 0 Å². The Balaban J connectivity index is 0.000000292. The van der Waals surface area contributed by atoms with Gasteiger partial charge in [-0.2, -0.15) is 4.39 Å². The zero-order valence-corrected chi connectivity index (χ0v) is 7.18. The molecule has 1 heterocycles. The summed E-state index contributed by atoms with van der Waals surface area (Å²) in [5, 5.41) is 7.60. The number of hydrogen-bond acceptors (Lipinski definition) is 4. The SMILES string of the molecule is NCC(=O)O.O=Cc1ccc(F)nc1. The normalized spacial score (nSPS) is 8.43. The quantitative estimate of drug-likeness (QED) is 0.520. The summed E-state index contributed by atoms with van der Waals surface area (Å²) in [5.74, 6) is -1.54. The van der Waals surface area contributed by atoms with Crippen LogP contribution in [-0.4, -0.2) is 28.9 Å². The zero-order chi connectivity index (χ0) is 11.0. The number of aliphatic carboxylic acids is 1. The van der Waals surface area contributed by atoms with Crippen molar-refractivity contribution in [2.75, 3.05) is 6.54 Å². The van der Waals surface area contributed by atoms with E-state index in [0.29, 0.717) is 11.8 Å². The highest BCUT2D eigenvalue weighted by atomic mass is 19.1. The molecule has 0 saturated carbocycles. The Kier molecular flexibility index (Phi) is 5.80. The molecular weight excluding hydrogens is 191 g/mol. The molecule has 1 aromatic heterocycles. The van der Waals surface area contributed by atoms with Gasteiger partial charge >= 0.3 is 5.97 Å². The largest absolute Gasteiger partial charge is 0.480 e. The van der Waals surface area contributed by atoms with Gasteiger partial charge in [-0.15, -0.1) is 0 Å². The lowest BCUT2D eigenvalue weighted by atomic mass is 10.3. The molecule has 14 heavy (non-hydrogen) atoms. The maximum absolute atomic E-state index is 12.0. The number of pyridine rings is 1. The average molecular weight is 200 g/mol. The Hall–Kier alpha value is -1.82. The van der Waals surface area contributed by atoms with Gasteiger partial charge in [-0.25, -0.2) is 4.98 Å². The fraction of sp³-hybridized carbons (Fsp3) is 0.125. The fourth-order valence-corrected chi connectivity index (χ4v) is 0.457. The van der Waals surface area contributed by atoms with Crippen molar-refractivity contribution in [1.82, 2.24) is 4.98 Å². The minimum absolute atomic E-state index is 0.278. The van der Waals surface area contributed by atoms with Crippen molar-refractivity contribution in [3.63, 3.8) is 0 Å². The third-order valence-corrected chi connectivity index (χ3v) is 1.06. The topological polar surface area (TPSA) is 93.3 Å². The van der Waals surface area contributed by atoms with Crippen LogP contribution in [0.3, 0.4) is 0 Å². The van der Waals surface area contributed by atoms with E-state index in [1.807, 2.05) is 0 Å². The molecule has 5 nitrogen and oxygen atoms in total. The van der Waals surface area contributed by atoms with Crippen LogP contribution in [-0.2, 0) is 4.79 Å². The lowest BCUT2D eigenvalue weighted by molar-refractivity contribution is -0.135. The van der Waals surface area contributed by atoms with Crippen molar-refractivity contribution in [3.05, 3.63) is 29.8 Å². The van der Waals surface area contributed by atoms with Crippen LogP contribution in [0.5, 0.6) is 0 Å².